The Balaban J connectivity index is 1.78. The molecule has 130 valence electrons. The van der Waals surface area contributed by atoms with Gasteiger partial charge in [0.15, 0.2) is 11.5 Å². The van der Waals surface area contributed by atoms with Crippen LogP contribution in [0.1, 0.15) is 24.7 Å². The fourth-order valence-corrected chi connectivity index (χ4v) is 5.57. The van der Waals surface area contributed by atoms with Crippen molar-refractivity contribution in [3.05, 3.63) is 58.5 Å². The van der Waals surface area contributed by atoms with Crippen LogP contribution >= 0.6 is 23.2 Å². The third-order valence-corrected chi connectivity index (χ3v) is 6.61. The highest BCUT2D eigenvalue weighted by atomic mass is 35.5. The number of halogens is 2. The van der Waals surface area contributed by atoms with Gasteiger partial charge in [0.2, 0.25) is 10.0 Å². The van der Waals surface area contributed by atoms with Gasteiger partial charge in [-0.1, -0.05) is 29.3 Å². The van der Waals surface area contributed by atoms with Crippen LogP contribution in [0.3, 0.4) is 0 Å². The van der Waals surface area contributed by atoms with Gasteiger partial charge in [-0.05, 0) is 43.2 Å². The topological polar surface area (TPSA) is 67.6 Å². The molecule has 2 aromatic heterocycles. The molecule has 25 heavy (non-hydrogen) atoms. The molecule has 6 nitrogen and oxygen atoms in total. The molecule has 0 amide bonds. The van der Waals surface area contributed by atoms with Crippen LogP contribution in [0.2, 0.25) is 10.0 Å². The molecule has 0 unspecified atom stereocenters. The molecule has 0 aliphatic carbocycles. The molecular weight excluding hydrogens is 383 g/mol. The van der Waals surface area contributed by atoms with Gasteiger partial charge in [-0.15, -0.1) is 10.2 Å². The molecule has 3 aromatic rings. The molecule has 1 aliphatic heterocycles. The Labute approximate surface area is 155 Å². The van der Waals surface area contributed by atoms with Crippen LogP contribution in [0.15, 0.2) is 47.5 Å². The molecule has 3 heterocycles. The standard InChI is InChI=1S/C16H14Cl2N4O2S/c17-11-8-12(18)10-13(9-11)25(23,24)22-7-3-4-14(22)16-20-19-15-5-1-2-6-21(15)16/h1-2,5-6,8-10,14H,3-4,7H2/t14-/m0/s1. The Morgan fingerprint density at radius 3 is 2.60 bits per heavy atom. The summed E-state index contributed by atoms with van der Waals surface area (Å²) in [5, 5.41) is 8.93. The first kappa shape index (κ1) is 16.8. The summed E-state index contributed by atoms with van der Waals surface area (Å²) in [4.78, 5) is 0.0886. The van der Waals surface area contributed by atoms with Gasteiger partial charge in [-0.25, -0.2) is 8.42 Å². The summed E-state index contributed by atoms with van der Waals surface area (Å²) in [6.07, 6.45) is 3.27. The molecule has 0 spiro atoms. The Morgan fingerprint density at radius 1 is 1.08 bits per heavy atom. The van der Waals surface area contributed by atoms with Crippen LogP contribution in [0.5, 0.6) is 0 Å². The molecule has 1 fully saturated rings. The fourth-order valence-electron chi connectivity index (χ4n) is 3.19. The average Bonchev–Trinajstić information content (AvgIpc) is 3.20. The third kappa shape index (κ3) is 2.91. The van der Waals surface area contributed by atoms with Crippen molar-refractivity contribution in [1.29, 1.82) is 0 Å². The second-order valence-electron chi connectivity index (χ2n) is 5.87. The Hall–Kier alpha value is -1.67. The molecule has 0 bridgehead atoms. The van der Waals surface area contributed by atoms with Crippen LogP contribution in [-0.4, -0.2) is 33.9 Å². The minimum Gasteiger partial charge on any atom is -0.285 e. The van der Waals surface area contributed by atoms with Crippen molar-refractivity contribution in [1.82, 2.24) is 18.9 Å². The number of aromatic nitrogens is 3. The van der Waals surface area contributed by atoms with Gasteiger partial charge >= 0.3 is 0 Å². The molecule has 0 N–H and O–H groups in total. The zero-order valence-corrected chi connectivity index (χ0v) is 15.3. The van der Waals surface area contributed by atoms with E-state index in [1.807, 2.05) is 28.8 Å². The number of pyridine rings is 1. The van der Waals surface area contributed by atoms with E-state index >= 15 is 0 Å². The summed E-state index contributed by atoms with van der Waals surface area (Å²) in [6, 6.07) is 9.53. The van der Waals surface area contributed by atoms with Gasteiger partial charge in [0, 0.05) is 22.8 Å². The van der Waals surface area contributed by atoms with E-state index in [2.05, 4.69) is 10.2 Å². The van der Waals surface area contributed by atoms with Gasteiger partial charge in [0.05, 0.1) is 10.9 Å². The normalized spacial score (nSPS) is 18.9. The zero-order valence-electron chi connectivity index (χ0n) is 13.0. The summed E-state index contributed by atoms with van der Waals surface area (Å²) in [5.41, 5.74) is 0.688. The highest BCUT2D eigenvalue weighted by Crippen LogP contribution is 2.36. The molecule has 0 radical (unpaired) electrons. The van der Waals surface area contributed by atoms with Crippen LogP contribution < -0.4 is 0 Å². The number of hydrogen-bond acceptors (Lipinski definition) is 4. The molecule has 1 atom stereocenters. The number of nitrogens with zero attached hydrogens (tertiary/aromatic N) is 4. The van der Waals surface area contributed by atoms with E-state index in [-0.39, 0.29) is 21.0 Å². The summed E-state index contributed by atoms with van der Waals surface area (Å²) in [6.45, 7) is 0.416. The lowest BCUT2D eigenvalue weighted by Gasteiger charge is -2.23. The fraction of sp³-hybridized carbons (Fsp3) is 0.250. The van der Waals surface area contributed by atoms with Crippen molar-refractivity contribution in [3.8, 4) is 0 Å². The van der Waals surface area contributed by atoms with Gasteiger partial charge < -0.3 is 0 Å². The quantitative estimate of drug-likeness (QED) is 0.678. The van der Waals surface area contributed by atoms with Crippen molar-refractivity contribution >= 4 is 38.9 Å². The van der Waals surface area contributed by atoms with Crippen molar-refractivity contribution in [2.45, 2.75) is 23.8 Å². The maximum atomic E-state index is 13.1. The number of benzene rings is 1. The molecule has 0 saturated carbocycles. The van der Waals surface area contributed by atoms with Crippen molar-refractivity contribution in [2.24, 2.45) is 0 Å². The second-order valence-corrected chi connectivity index (χ2v) is 8.63. The van der Waals surface area contributed by atoms with Gasteiger partial charge in [-0.3, -0.25) is 4.40 Å². The monoisotopic (exact) mass is 396 g/mol. The molecule has 1 saturated heterocycles. The highest BCUT2D eigenvalue weighted by Gasteiger charge is 2.38. The average molecular weight is 397 g/mol. The van der Waals surface area contributed by atoms with Crippen molar-refractivity contribution in [2.75, 3.05) is 6.54 Å². The molecule has 9 heteroatoms. The Bertz CT molecular complexity index is 1030. The van der Waals surface area contributed by atoms with Crippen molar-refractivity contribution in [3.63, 3.8) is 0 Å². The van der Waals surface area contributed by atoms with Gasteiger partial charge in [0.25, 0.3) is 0 Å². The largest absolute Gasteiger partial charge is 0.285 e. The van der Waals surface area contributed by atoms with Crippen LogP contribution in [-0.2, 0) is 10.0 Å². The lowest BCUT2D eigenvalue weighted by Crippen LogP contribution is -2.31. The predicted molar refractivity (Wildman–Crippen MR) is 95.3 cm³/mol. The lowest BCUT2D eigenvalue weighted by molar-refractivity contribution is 0.381. The van der Waals surface area contributed by atoms with E-state index in [4.69, 9.17) is 23.2 Å². The number of sulfonamides is 1. The minimum atomic E-state index is -3.74. The number of rotatable bonds is 3. The van der Waals surface area contributed by atoms with E-state index in [1.165, 1.54) is 22.5 Å². The SMILES string of the molecule is O=S(=O)(c1cc(Cl)cc(Cl)c1)N1CCC[C@H]1c1nnc2ccccn12. The van der Waals surface area contributed by atoms with Crippen LogP contribution in [0.4, 0.5) is 0 Å². The van der Waals surface area contributed by atoms with E-state index in [9.17, 15) is 8.42 Å². The van der Waals surface area contributed by atoms with Gasteiger partial charge in [0.1, 0.15) is 0 Å². The van der Waals surface area contributed by atoms with E-state index in [0.29, 0.717) is 24.4 Å². The highest BCUT2D eigenvalue weighted by molar-refractivity contribution is 7.89. The summed E-state index contributed by atoms with van der Waals surface area (Å²) in [5.74, 6) is 0.616. The van der Waals surface area contributed by atoms with E-state index in [1.54, 1.807) is 0 Å². The molecule has 1 aromatic carbocycles. The minimum absolute atomic E-state index is 0.0886. The summed E-state index contributed by atoms with van der Waals surface area (Å²) in [7, 11) is -3.74. The predicted octanol–water partition coefficient (Wildman–Crippen LogP) is 3.56. The lowest BCUT2D eigenvalue weighted by atomic mass is 10.2. The smallest absolute Gasteiger partial charge is 0.243 e. The van der Waals surface area contributed by atoms with Crippen LogP contribution in [0, 0.1) is 0 Å². The second kappa shape index (κ2) is 6.25. The first-order valence-electron chi connectivity index (χ1n) is 7.74. The third-order valence-electron chi connectivity index (χ3n) is 4.28. The van der Waals surface area contributed by atoms with E-state index in [0.717, 1.165) is 6.42 Å². The van der Waals surface area contributed by atoms with Crippen LogP contribution in [0.25, 0.3) is 5.65 Å². The Morgan fingerprint density at radius 2 is 1.84 bits per heavy atom. The maximum Gasteiger partial charge on any atom is 0.243 e. The Kier molecular flexibility index (Phi) is 4.19. The maximum absolute atomic E-state index is 13.1. The molecule has 4 rings (SSSR count). The van der Waals surface area contributed by atoms with Crippen molar-refractivity contribution < 1.29 is 8.42 Å². The first-order chi connectivity index (χ1) is 12.0. The first-order valence-corrected chi connectivity index (χ1v) is 9.94. The molecular formula is C16H14Cl2N4O2S. The summed E-state index contributed by atoms with van der Waals surface area (Å²) < 4.78 is 29.5. The zero-order chi connectivity index (χ0) is 17.6. The van der Waals surface area contributed by atoms with Gasteiger partial charge in [-0.2, -0.15) is 4.31 Å². The number of hydrogen-bond donors (Lipinski definition) is 0. The molecule has 1 aliphatic rings. The van der Waals surface area contributed by atoms with E-state index < -0.39 is 10.0 Å². The number of fused-ring (bicyclic) bond motifs is 1. The summed E-state index contributed by atoms with van der Waals surface area (Å²) >= 11 is 12.0.